The first kappa shape index (κ1) is 9.86. The lowest BCUT2D eigenvalue weighted by atomic mass is 10.1. The number of carbonyl (C=O) groups excluding carboxylic acids is 1. The molecular formula is C8H16N2OS. The SMILES string of the molecule is CC1SCCCC1NCC(N)=O. The van der Waals surface area contributed by atoms with Gasteiger partial charge in [0.1, 0.15) is 0 Å². The van der Waals surface area contributed by atoms with Crippen molar-refractivity contribution in [3.63, 3.8) is 0 Å². The molecule has 0 aromatic heterocycles. The molecule has 2 unspecified atom stereocenters. The highest BCUT2D eigenvalue weighted by atomic mass is 32.2. The molecular weight excluding hydrogens is 172 g/mol. The third kappa shape index (κ3) is 3.03. The summed E-state index contributed by atoms with van der Waals surface area (Å²) in [5.74, 6) is 0.980. The van der Waals surface area contributed by atoms with E-state index in [0.717, 1.165) is 0 Å². The molecule has 3 nitrogen and oxygen atoms in total. The van der Waals surface area contributed by atoms with Crippen molar-refractivity contribution in [3.05, 3.63) is 0 Å². The molecule has 0 aliphatic carbocycles. The number of thioether (sulfide) groups is 1. The fourth-order valence-electron chi connectivity index (χ4n) is 1.42. The van der Waals surface area contributed by atoms with Crippen LogP contribution in [0.2, 0.25) is 0 Å². The Morgan fingerprint density at radius 1 is 1.75 bits per heavy atom. The molecule has 0 bridgehead atoms. The van der Waals surface area contributed by atoms with Gasteiger partial charge in [0.2, 0.25) is 5.91 Å². The van der Waals surface area contributed by atoms with Gasteiger partial charge in [-0.25, -0.2) is 0 Å². The van der Waals surface area contributed by atoms with E-state index in [2.05, 4.69) is 12.2 Å². The summed E-state index contributed by atoms with van der Waals surface area (Å²) in [5.41, 5.74) is 5.05. The minimum Gasteiger partial charge on any atom is -0.369 e. The Kier molecular flexibility index (Phi) is 3.88. The zero-order chi connectivity index (χ0) is 8.97. The summed E-state index contributed by atoms with van der Waals surface area (Å²) in [6.07, 6.45) is 2.41. The van der Waals surface area contributed by atoms with Gasteiger partial charge in [0.25, 0.3) is 0 Å². The van der Waals surface area contributed by atoms with Crippen molar-refractivity contribution >= 4 is 17.7 Å². The number of hydrogen-bond acceptors (Lipinski definition) is 3. The predicted molar refractivity (Wildman–Crippen MR) is 52.1 cm³/mol. The second-order valence-corrected chi connectivity index (χ2v) is 4.66. The fourth-order valence-corrected chi connectivity index (χ4v) is 2.59. The second-order valence-electron chi connectivity index (χ2n) is 3.17. The maximum Gasteiger partial charge on any atom is 0.231 e. The van der Waals surface area contributed by atoms with Crippen LogP contribution in [-0.2, 0) is 4.79 Å². The highest BCUT2D eigenvalue weighted by Gasteiger charge is 2.21. The molecule has 70 valence electrons. The van der Waals surface area contributed by atoms with Gasteiger partial charge in [-0.3, -0.25) is 4.79 Å². The number of rotatable bonds is 3. The van der Waals surface area contributed by atoms with E-state index >= 15 is 0 Å². The third-order valence-electron chi connectivity index (χ3n) is 2.15. The van der Waals surface area contributed by atoms with Crippen LogP contribution in [0.4, 0.5) is 0 Å². The highest BCUT2D eigenvalue weighted by molar-refractivity contribution is 7.99. The molecule has 3 N–H and O–H groups in total. The Balaban J connectivity index is 2.24. The summed E-state index contributed by atoms with van der Waals surface area (Å²) in [5, 5.41) is 3.78. The molecule has 0 saturated carbocycles. The number of nitrogens with one attached hydrogen (secondary N) is 1. The standard InChI is InChI=1S/C8H16N2OS/c1-6-7(3-2-4-12-6)10-5-8(9)11/h6-7,10H,2-5H2,1H3,(H2,9,11). The molecule has 0 spiro atoms. The van der Waals surface area contributed by atoms with Crippen LogP contribution < -0.4 is 11.1 Å². The van der Waals surface area contributed by atoms with E-state index in [-0.39, 0.29) is 5.91 Å². The summed E-state index contributed by atoms with van der Waals surface area (Å²) in [7, 11) is 0. The molecule has 1 fully saturated rings. The Morgan fingerprint density at radius 3 is 3.08 bits per heavy atom. The molecule has 0 aromatic carbocycles. The van der Waals surface area contributed by atoms with Crippen molar-refractivity contribution in [2.75, 3.05) is 12.3 Å². The summed E-state index contributed by atoms with van der Waals surface area (Å²) < 4.78 is 0. The smallest absolute Gasteiger partial charge is 0.231 e. The molecule has 1 aliphatic heterocycles. The average Bonchev–Trinajstić information content (AvgIpc) is 2.03. The van der Waals surface area contributed by atoms with Crippen molar-refractivity contribution in [2.24, 2.45) is 5.73 Å². The minimum absolute atomic E-state index is 0.266. The van der Waals surface area contributed by atoms with Crippen LogP contribution in [0.5, 0.6) is 0 Å². The Morgan fingerprint density at radius 2 is 2.50 bits per heavy atom. The van der Waals surface area contributed by atoms with E-state index in [0.29, 0.717) is 17.8 Å². The first-order chi connectivity index (χ1) is 5.70. The number of nitrogens with two attached hydrogens (primary N) is 1. The molecule has 1 saturated heterocycles. The van der Waals surface area contributed by atoms with Crippen molar-refractivity contribution in [3.8, 4) is 0 Å². The van der Waals surface area contributed by atoms with Crippen LogP contribution in [0.15, 0.2) is 0 Å². The quantitative estimate of drug-likeness (QED) is 0.672. The van der Waals surface area contributed by atoms with Gasteiger partial charge in [0.05, 0.1) is 6.54 Å². The van der Waals surface area contributed by atoms with Crippen LogP contribution in [0.3, 0.4) is 0 Å². The van der Waals surface area contributed by atoms with E-state index in [9.17, 15) is 4.79 Å². The Hall–Kier alpha value is -0.220. The zero-order valence-electron chi connectivity index (χ0n) is 7.38. The zero-order valence-corrected chi connectivity index (χ0v) is 8.19. The van der Waals surface area contributed by atoms with E-state index in [1.807, 2.05) is 11.8 Å². The van der Waals surface area contributed by atoms with Crippen LogP contribution >= 0.6 is 11.8 Å². The maximum atomic E-state index is 10.5. The fraction of sp³-hybridized carbons (Fsp3) is 0.875. The molecule has 1 rings (SSSR count). The average molecular weight is 188 g/mol. The van der Waals surface area contributed by atoms with Crippen molar-refractivity contribution in [2.45, 2.75) is 31.1 Å². The van der Waals surface area contributed by atoms with Gasteiger partial charge in [0, 0.05) is 11.3 Å². The summed E-state index contributed by atoms with van der Waals surface area (Å²) in [6.45, 7) is 2.51. The Labute approximate surface area is 77.5 Å². The normalized spacial score (nSPS) is 30.1. The van der Waals surface area contributed by atoms with E-state index < -0.39 is 0 Å². The van der Waals surface area contributed by atoms with E-state index in [1.54, 1.807) is 0 Å². The van der Waals surface area contributed by atoms with Crippen LogP contribution in [-0.4, -0.2) is 29.5 Å². The Bertz CT molecular complexity index is 163. The number of primary amides is 1. The minimum atomic E-state index is -0.266. The predicted octanol–water partition coefficient (Wildman–Crippen LogP) is 0.345. The first-order valence-corrected chi connectivity index (χ1v) is 5.38. The summed E-state index contributed by atoms with van der Waals surface area (Å²) >= 11 is 1.96. The molecule has 4 heteroatoms. The summed E-state index contributed by atoms with van der Waals surface area (Å²) in [4.78, 5) is 10.5. The van der Waals surface area contributed by atoms with Crippen molar-refractivity contribution in [1.82, 2.24) is 5.32 Å². The number of carbonyl (C=O) groups is 1. The van der Waals surface area contributed by atoms with Crippen molar-refractivity contribution < 1.29 is 4.79 Å². The second kappa shape index (κ2) is 4.72. The molecule has 1 amide bonds. The number of amides is 1. The van der Waals surface area contributed by atoms with E-state index in [1.165, 1.54) is 18.6 Å². The lowest BCUT2D eigenvalue weighted by Crippen LogP contribution is -2.43. The lowest BCUT2D eigenvalue weighted by Gasteiger charge is -2.28. The lowest BCUT2D eigenvalue weighted by molar-refractivity contribution is -0.117. The van der Waals surface area contributed by atoms with Gasteiger partial charge < -0.3 is 11.1 Å². The topological polar surface area (TPSA) is 55.1 Å². The van der Waals surface area contributed by atoms with Gasteiger partial charge in [-0.05, 0) is 18.6 Å². The van der Waals surface area contributed by atoms with Gasteiger partial charge in [-0.15, -0.1) is 0 Å². The highest BCUT2D eigenvalue weighted by Crippen LogP contribution is 2.24. The molecule has 0 radical (unpaired) electrons. The maximum absolute atomic E-state index is 10.5. The van der Waals surface area contributed by atoms with Crippen LogP contribution in [0, 0.1) is 0 Å². The van der Waals surface area contributed by atoms with Crippen molar-refractivity contribution in [1.29, 1.82) is 0 Å². The third-order valence-corrected chi connectivity index (χ3v) is 3.52. The van der Waals surface area contributed by atoms with Crippen LogP contribution in [0.25, 0.3) is 0 Å². The number of hydrogen-bond donors (Lipinski definition) is 2. The van der Waals surface area contributed by atoms with E-state index in [4.69, 9.17) is 5.73 Å². The molecule has 1 aliphatic rings. The van der Waals surface area contributed by atoms with Gasteiger partial charge >= 0.3 is 0 Å². The molecule has 12 heavy (non-hydrogen) atoms. The van der Waals surface area contributed by atoms with Gasteiger partial charge in [-0.1, -0.05) is 6.92 Å². The van der Waals surface area contributed by atoms with Gasteiger partial charge in [-0.2, -0.15) is 11.8 Å². The van der Waals surface area contributed by atoms with Crippen LogP contribution in [0.1, 0.15) is 19.8 Å². The largest absolute Gasteiger partial charge is 0.369 e. The molecule has 1 heterocycles. The summed E-state index contributed by atoms with van der Waals surface area (Å²) in [6, 6.07) is 0.469. The molecule has 2 atom stereocenters. The first-order valence-electron chi connectivity index (χ1n) is 4.33. The monoisotopic (exact) mass is 188 g/mol. The van der Waals surface area contributed by atoms with Gasteiger partial charge in [0.15, 0.2) is 0 Å². The molecule has 0 aromatic rings.